The maximum absolute atomic E-state index is 11.0. The molecule has 82 valence electrons. The summed E-state index contributed by atoms with van der Waals surface area (Å²) in [5, 5.41) is 9.05. The van der Waals surface area contributed by atoms with Crippen LogP contribution in [-0.4, -0.2) is 24.3 Å². The van der Waals surface area contributed by atoms with E-state index in [2.05, 4.69) is 0 Å². The first-order chi connectivity index (χ1) is 7.25. The summed E-state index contributed by atoms with van der Waals surface area (Å²) in [6.07, 6.45) is 0.904. The Bertz CT molecular complexity index is 295. The first-order valence-electron chi connectivity index (χ1n) is 5.11. The fourth-order valence-electron chi connectivity index (χ4n) is 1.34. The molecule has 0 spiro atoms. The molecule has 1 N–H and O–H groups in total. The molecule has 0 bridgehead atoms. The SMILES string of the molecule is CCCOCC(C(=O)O)c1ccccc1. The molecular formula is C12H16O3. The van der Waals surface area contributed by atoms with Crippen LogP contribution in [0.1, 0.15) is 24.8 Å². The Hall–Kier alpha value is -1.35. The third kappa shape index (κ3) is 3.72. The quantitative estimate of drug-likeness (QED) is 0.729. The summed E-state index contributed by atoms with van der Waals surface area (Å²) in [7, 11) is 0. The topological polar surface area (TPSA) is 46.5 Å². The molecule has 1 rings (SSSR count). The zero-order chi connectivity index (χ0) is 11.1. The maximum atomic E-state index is 11.0. The minimum absolute atomic E-state index is 0.243. The smallest absolute Gasteiger partial charge is 0.313 e. The first kappa shape index (κ1) is 11.7. The summed E-state index contributed by atoms with van der Waals surface area (Å²) < 4.78 is 5.28. The molecule has 0 amide bonds. The van der Waals surface area contributed by atoms with Gasteiger partial charge in [0, 0.05) is 6.61 Å². The van der Waals surface area contributed by atoms with E-state index in [4.69, 9.17) is 9.84 Å². The second kappa shape index (κ2) is 6.19. The average Bonchev–Trinajstić information content (AvgIpc) is 2.25. The predicted molar refractivity (Wildman–Crippen MR) is 57.9 cm³/mol. The number of carboxylic acid groups (broad SMARTS) is 1. The molecule has 1 aromatic rings. The molecule has 0 aliphatic heterocycles. The predicted octanol–water partition coefficient (Wildman–Crippen LogP) is 2.28. The van der Waals surface area contributed by atoms with E-state index in [1.165, 1.54) is 0 Å². The molecule has 3 heteroatoms. The summed E-state index contributed by atoms with van der Waals surface area (Å²) in [4.78, 5) is 11.0. The van der Waals surface area contributed by atoms with Crippen LogP contribution in [0.25, 0.3) is 0 Å². The minimum Gasteiger partial charge on any atom is -0.481 e. The zero-order valence-electron chi connectivity index (χ0n) is 8.85. The second-order valence-corrected chi connectivity index (χ2v) is 3.38. The molecule has 15 heavy (non-hydrogen) atoms. The number of carbonyl (C=O) groups is 1. The van der Waals surface area contributed by atoms with E-state index in [-0.39, 0.29) is 6.61 Å². The maximum Gasteiger partial charge on any atom is 0.313 e. The molecule has 0 aromatic heterocycles. The van der Waals surface area contributed by atoms with Crippen LogP contribution in [0, 0.1) is 0 Å². The van der Waals surface area contributed by atoms with Crippen molar-refractivity contribution >= 4 is 5.97 Å². The van der Waals surface area contributed by atoms with Gasteiger partial charge >= 0.3 is 5.97 Å². The van der Waals surface area contributed by atoms with Gasteiger partial charge in [0.2, 0.25) is 0 Å². The van der Waals surface area contributed by atoms with E-state index in [9.17, 15) is 4.79 Å². The Kier molecular flexibility index (Phi) is 4.84. The monoisotopic (exact) mass is 208 g/mol. The van der Waals surface area contributed by atoms with E-state index >= 15 is 0 Å². The van der Waals surface area contributed by atoms with Crippen molar-refractivity contribution in [1.29, 1.82) is 0 Å². The molecule has 1 atom stereocenters. The van der Waals surface area contributed by atoms with Gasteiger partial charge in [-0.3, -0.25) is 4.79 Å². The fourth-order valence-corrected chi connectivity index (χ4v) is 1.34. The van der Waals surface area contributed by atoms with E-state index < -0.39 is 11.9 Å². The molecule has 0 fully saturated rings. The number of hydrogen-bond acceptors (Lipinski definition) is 2. The highest BCUT2D eigenvalue weighted by atomic mass is 16.5. The lowest BCUT2D eigenvalue weighted by Crippen LogP contribution is -2.17. The van der Waals surface area contributed by atoms with Crippen LogP contribution in [0.2, 0.25) is 0 Å². The number of rotatable bonds is 6. The van der Waals surface area contributed by atoms with Crippen molar-refractivity contribution in [3.05, 3.63) is 35.9 Å². The molecule has 3 nitrogen and oxygen atoms in total. The highest BCUT2D eigenvalue weighted by Crippen LogP contribution is 2.16. The van der Waals surface area contributed by atoms with Crippen LogP contribution in [-0.2, 0) is 9.53 Å². The highest BCUT2D eigenvalue weighted by Gasteiger charge is 2.19. The number of benzene rings is 1. The molecule has 0 radical (unpaired) electrons. The van der Waals surface area contributed by atoms with Gasteiger partial charge in [0.1, 0.15) is 5.92 Å². The molecule has 0 saturated carbocycles. The van der Waals surface area contributed by atoms with Crippen molar-refractivity contribution in [2.75, 3.05) is 13.2 Å². The number of carboxylic acids is 1. The number of ether oxygens (including phenoxy) is 1. The molecule has 0 heterocycles. The van der Waals surface area contributed by atoms with Gasteiger partial charge in [-0.25, -0.2) is 0 Å². The van der Waals surface area contributed by atoms with Gasteiger partial charge < -0.3 is 9.84 Å². The molecule has 1 unspecified atom stereocenters. The standard InChI is InChI=1S/C12H16O3/c1-2-8-15-9-11(12(13)14)10-6-4-3-5-7-10/h3-7,11H,2,8-9H2,1H3,(H,13,14). The van der Waals surface area contributed by atoms with E-state index in [1.54, 1.807) is 0 Å². The Labute approximate surface area is 89.7 Å². The average molecular weight is 208 g/mol. The molecular weight excluding hydrogens is 192 g/mol. The second-order valence-electron chi connectivity index (χ2n) is 3.38. The van der Waals surface area contributed by atoms with Crippen molar-refractivity contribution in [2.45, 2.75) is 19.3 Å². The third-order valence-electron chi connectivity index (χ3n) is 2.13. The van der Waals surface area contributed by atoms with Crippen LogP contribution in [0.5, 0.6) is 0 Å². The molecule has 0 saturated heterocycles. The largest absolute Gasteiger partial charge is 0.481 e. The minimum atomic E-state index is -0.836. The van der Waals surface area contributed by atoms with Crippen molar-refractivity contribution < 1.29 is 14.6 Å². The number of hydrogen-bond donors (Lipinski definition) is 1. The number of aliphatic carboxylic acids is 1. The van der Waals surface area contributed by atoms with Crippen molar-refractivity contribution in [2.24, 2.45) is 0 Å². The van der Waals surface area contributed by atoms with Crippen LogP contribution < -0.4 is 0 Å². The first-order valence-corrected chi connectivity index (χ1v) is 5.11. The normalized spacial score (nSPS) is 12.3. The highest BCUT2D eigenvalue weighted by molar-refractivity contribution is 5.76. The van der Waals surface area contributed by atoms with Crippen LogP contribution in [0.15, 0.2) is 30.3 Å². The lowest BCUT2D eigenvalue weighted by Gasteiger charge is -2.12. The zero-order valence-corrected chi connectivity index (χ0v) is 8.85. The Morgan fingerprint density at radius 3 is 2.60 bits per heavy atom. The Morgan fingerprint density at radius 2 is 2.07 bits per heavy atom. The molecule has 0 aliphatic carbocycles. The molecule has 0 aliphatic rings. The van der Waals surface area contributed by atoms with Crippen LogP contribution >= 0.6 is 0 Å². The summed E-state index contributed by atoms with van der Waals surface area (Å²) in [5.74, 6) is -1.39. The van der Waals surface area contributed by atoms with Gasteiger partial charge in [0.15, 0.2) is 0 Å². The Balaban J connectivity index is 2.62. The Morgan fingerprint density at radius 1 is 1.40 bits per heavy atom. The van der Waals surface area contributed by atoms with E-state index in [0.29, 0.717) is 6.61 Å². The van der Waals surface area contributed by atoms with Crippen LogP contribution in [0.3, 0.4) is 0 Å². The van der Waals surface area contributed by atoms with Gasteiger partial charge in [0.25, 0.3) is 0 Å². The van der Waals surface area contributed by atoms with Gasteiger partial charge in [-0.2, -0.15) is 0 Å². The lowest BCUT2D eigenvalue weighted by molar-refractivity contribution is -0.140. The van der Waals surface area contributed by atoms with Crippen molar-refractivity contribution in [1.82, 2.24) is 0 Å². The summed E-state index contributed by atoms with van der Waals surface area (Å²) in [6.45, 7) is 2.85. The molecule has 1 aromatic carbocycles. The van der Waals surface area contributed by atoms with Gasteiger partial charge in [-0.05, 0) is 12.0 Å². The fraction of sp³-hybridized carbons (Fsp3) is 0.417. The summed E-state index contributed by atoms with van der Waals surface area (Å²) in [6, 6.07) is 9.17. The summed E-state index contributed by atoms with van der Waals surface area (Å²) in [5.41, 5.74) is 0.793. The van der Waals surface area contributed by atoms with Crippen molar-refractivity contribution in [3.63, 3.8) is 0 Å². The van der Waals surface area contributed by atoms with Crippen LogP contribution in [0.4, 0.5) is 0 Å². The van der Waals surface area contributed by atoms with E-state index in [0.717, 1.165) is 12.0 Å². The van der Waals surface area contributed by atoms with Gasteiger partial charge in [0.05, 0.1) is 6.61 Å². The summed E-state index contributed by atoms with van der Waals surface area (Å²) >= 11 is 0. The van der Waals surface area contributed by atoms with Gasteiger partial charge in [-0.15, -0.1) is 0 Å². The van der Waals surface area contributed by atoms with Gasteiger partial charge in [-0.1, -0.05) is 37.3 Å². The van der Waals surface area contributed by atoms with Crippen molar-refractivity contribution in [3.8, 4) is 0 Å². The third-order valence-corrected chi connectivity index (χ3v) is 2.13. The lowest BCUT2D eigenvalue weighted by atomic mass is 10.0. The van der Waals surface area contributed by atoms with E-state index in [1.807, 2.05) is 37.3 Å².